The summed E-state index contributed by atoms with van der Waals surface area (Å²) in [6.45, 7) is 9.38. The zero-order valence-electron chi connectivity index (χ0n) is 13.6. The molecule has 0 amide bonds. The lowest BCUT2D eigenvalue weighted by Crippen LogP contribution is -2.42. The van der Waals surface area contributed by atoms with Crippen molar-refractivity contribution in [3.05, 3.63) is 17.7 Å². The Morgan fingerprint density at radius 3 is 2.38 bits per heavy atom. The highest BCUT2D eigenvalue weighted by atomic mass is 16.6. The molecule has 118 valence electrons. The van der Waals surface area contributed by atoms with Crippen molar-refractivity contribution in [1.82, 2.24) is 0 Å². The molecular weight excluding hydrogens is 266 g/mol. The predicted molar refractivity (Wildman–Crippen MR) is 84.3 cm³/mol. The molecule has 1 aromatic carbocycles. The Kier molecular flexibility index (Phi) is 4.99. The summed E-state index contributed by atoms with van der Waals surface area (Å²) < 4.78 is 17.9. The SMILES string of the molecule is CCOc1ccc2c(c1OCC)OC(CC)(CC)CC2N. The lowest BCUT2D eigenvalue weighted by molar-refractivity contribution is 0.0242. The van der Waals surface area contributed by atoms with Crippen molar-refractivity contribution in [2.75, 3.05) is 13.2 Å². The molecule has 4 heteroatoms. The van der Waals surface area contributed by atoms with Gasteiger partial charge in [0, 0.05) is 18.0 Å². The van der Waals surface area contributed by atoms with Crippen LogP contribution in [0.5, 0.6) is 17.2 Å². The van der Waals surface area contributed by atoms with Crippen molar-refractivity contribution in [3.63, 3.8) is 0 Å². The van der Waals surface area contributed by atoms with Crippen molar-refractivity contribution in [2.45, 2.75) is 58.6 Å². The number of rotatable bonds is 6. The molecule has 1 aromatic rings. The first kappa shape index (κ1) is 16.0. The van der Waals surface area contributed by atoms with Gasteiger partial charge >= 0.3 is 0 Å². The van der Waals surface area contributed by atoms with Gasteiger partial charge in [-0.15, -0.1) is 0 Å². The Balaban J connectivity index is 2.51. The standard InChI is InChI=1S/C17H27NO3/c1-5-17(6-2)11-13(18)12-9-10-14(19-7-3)16(20-8-4)15(12)21-17/h9-10,13H,5-8,11,18H2,1-4H3. The number of hydrogen-bond acceptors (Lipinski definition) is 4. The molecule has 1 heterocycles. The van der Waals surface area contributed by atoms with E-state index in [2.05, 4.69) is 13.8 Å². The van der Waals surface area contributed by atoms with Crippen molar-refractivity contribution < 1.29 is 14.2 Å². The average molecular weight is 293 g/mol. The normalized spacial score (nSPS) is 19.6. The zero-order valence-corrected chi connectivity index (χ0v) is 13.6. The molecule has 1 atom stereocenters. The smallest absolute Gasteiger partial charge is 0.203 e. The summed E-state index contributed by atoms with van der Waals surface area (Å²) >= 11 is 0. The van der Waals surface area contributed by atoms with Gasteiger partial charge in [-0.05, 0) is 38.8 Å². The summed E-state index contributed by atoms with van der Waals surface area (Å²) in [6.07, 6.45) is 2.70. The highest BCUT2D eigenvalue weighted by Gasteiger charge is 2.39. The molecule has 21 heavy (non-hydrogen) atoms. The van der Waals surface area contributed by atoms with Crippen LogP contribution < -0.4 is 19.9 Å². The largest absolute Gasteiger partial charge is 0.490 e. The number of benzene rings is 1. The third-order valence-corrected chi connectivity index (χ3v) is 4.29. The first-order chi connectivity index (χ1) is 10.1. The fraction of sp³-hybridized carbons (Fsp3) is 0.647. The van der Waals surface area contributed by atoms with E-state index in [1.165, 1.54) is 0 Å². The highest BCUT2D eigenvalue weighted by molar-refractivity contribution is 5.58. The van der Waals surface area contributed by atoms with E-state index in [1.54, 1.807) is 0 Å². The van der Waals surface area contributed by atoms with E-state index in [0.717, 1.165) is 36.3 Å². The maximum absolute atomic E-state index is 6.39. The van der Waals surface area contributed by atoms with Crippen molar-refractivity contribution in [3.8, 4) is 17.2 Å². The molecule has 1 unspecified atom stereocenters. The molecule has 1 aliphatic rings. The van der Waals surface area contributed by atoms with Gasteiger partial charge in [-0.2, -0.15) is 0 Å². The number of hydrogen-bond donors (Lipinski definition) is 1. The van der Waals surface area contributed by atoms with E-state index in [-0.39, 0.29) is 11.6 Å². The van der Waals surface area contributed by atoms with Gasteiger partial charge in [0.25, 0.3) is 0 Å². The Morgan fingerprint density at radius 1 is 1.14 bits per heavy atom. The maximum atomic E-state index is 6.39. The van der Waals surface area contributed by atoms with Gasteiger partial charge in [-0.3, -0.25) is 0 Å². The van der Waals surface area contributed by atoms with Crippen LogP contribution in [0, 0.1) is 0 Å². The molecule has 0 aliphatic carbocycles. The minimum atomic E-state index is -0.205. The van der Waals surface area contributed by atoms with Gasteiger partial charge in [-0.1, -0.05) is 13.8 Å². The first-order valence-corrected chi connectivity index (χ1v) is 7.97. The summed E-state index contributed by atoms with van der Waals surface area (Å²) in [6, 6.07) is 3.91. The van der Waals surface area contributed by atoms with Gasteiger partial charge in [0.05, 0.1) is 13.2 Å². The molecule has 0 fully saturated rings. The summed E-state index contributed by atoms with van der Waals surface area (Å²) in [5.74, 6) is 2.19. The lowest BCUT2D eigenvalue weighted by Gasteiger charge is -2.41. The van der Waals surface area contributed by atoms with Crippen LogP contribution in [0.3, 0.4) is 0 Å². The van der Waals surface area contributed by atoms with Gasteiger partial charge in [0.15, 0.2) is 11.5 Å². The van der Waals surface area contributed by atoms with Crippen molar-refractivity contribution in [1.29, 1.82) is 0 Å². The van der Waals surface area contributed by atoms with Gasteiger partial charge in [0.1, 0.15) is 5.60 Å². The predicted octanol–water partition coefficient (Wildman–Crippen LogP) is 3.83. The Labute approximate surface area is 127 Å². The van der Waals surface area contributed by atoms with Gasteiger partial charge in [0.2, 0.25) is 5.75 Å². The molecule has 0 radical (unpaired) electrons. The van der Waals surface area contributed by atoms with Crippen LogP contribution >= 0.6 is 0 Å². The number of ether oxygens (including phenoxy) is 3. The fourth-order valence-corrected chi connectivity index (χ4v) is 2.96. The topological polar surface area (TPSA) is 53.7 Å². The van der Waals surface area contributed by atoms with Crippen molar-refractivity contribution >= 4 is 0 Å². The van der Waals surface area contributed by atoms with E-state index in [0.29, 0.717) is 19.0 Å². The Hall–Kier alpha value is -1.42. The molecule has 1 aliphatic heterocycles. The van der Waals surface area contributed by atoms with E-state index in [1.807, 2.05) is 26.0 Å². The molecule has 0 aromatic heterocycles. The summed E-state index contributed by atoms with van der Waals surface area (Å²) in [7, 11) is 0. The van der Waals surface area contributed by atoms with Crippen LogP contribution in [-0.4, -0.2) is 18.8 Å². The van der Waals surface area contributed by atoms with E-state index in [9.17, 15) is 0 Å². The van der Waals surface area contributed by atoms with E-state index in [4.69, 9.17) is 19.9 Å². The van der Waals surface area contributed by atoms with Crippen LogP contribution in [0.15, 0.2) is 12.1 Å². The molecule has 2 rings (SSSR count). The lowest BCUT2D eigenvalue weighted by atomic mass is 9.83. The summed E-state index contributed by atoms with van der Waals surface area (Å²) in [5.41, 5.74) is 7.19. The molecule has 2 N–H and O–H groups in total. The maximum Gasteiger partial charge on any atom is 0.203 e. The van der Waals surface area contributed by atoms with Crippen LogP contribution in [0.2, 0.25) is 0 Å². The number of nitrogens with two attached hydrogens (primary N) is 1. The molecule has 0 spiro atoms. The summed E-state index contributed by atoms with van der Waals surface area (Å²) in [4.78, 5) is 0. The van der Waals surface area contributed by atoms with Crippen LogP contribution in [0.4, 0.5) is 0 Å². The highest BCUT2D eigenvalue weighted by Crippen LogP contribution is 2.50. The molecular formula is C17H27NO3. The molecule has 0 saturated carbocycles. The summed E-state index contributed by atoms with van der Waals surface area (Å²) in [5, 5.41) is 0. The second-order valence-corrected chi connectivity index (χ2v) is 5.48. The molecule has 0 saturated heterocycles. The number of fused-ring (bicyclic) bond motifs is 1. The van der Waals surface area contributed by atoms with E-state index >= 15 is 0 Å². The first-order valence-electron chi connectivity index (χ1n) is 7.97. The molecule has 0 bridgehead atoms. The third kappa shape index (κ3) is 2.95. The van der Waals surface area contributed by atoms with Gasteiger partial charge < -0.3 is 19.9 Å². The minimum Gasteiger partial charge on any atom is -0.490 e. The monoisotopic (exact) mass is 293 g/mol. The van der Waals surface area contributed by atoms with Gasteiger partial charge in [-0.25, -0.2) is 0 Å². The van der Waals surface area contributed by atoms with Crippen LogP contribution in [0.1, 0.15) is 58.6 Å². The zero-order chi connectivity index (χ0) is 15.5. The third-order valence-electron chi connectivity index (χ3n) is 4.29. The molecule has 4 nitrogen and oxygen atoms in total. The second-order valence-electron chi connectivity index (χ2n) is 5.48. The van der Waals surface area contributed by atoms with Crippen LogP contribution in [-0.2, 0) is 0 Å². The minimum absolute atomic E-state index is 0.0245. The quantitative estimate of drug-likeness (QED) is 0.866. The Bertz CT molecular complexity index is 483. The van der Waals surface area contributed by atoms with E-state index < -0.39 is 0 Å². The Morgan fingerprint density at radius 2 is 1.81 bits per heavy atom. The average Bonchev–Trinajstić information content (AvgIpc) is 2.49. The second kappa shape index (κ2) is 6.56. The van der Waals surface area contributed by atoms with Crippen LogP contribution in [0.25, 0.3) is 0 Å². The fourth-order valence-electron chi connectivity index (χ4n) is 2.96. The van der Waals surface area contributed by atoms with Crippen molar-refractivity contribution in [2.24, 2.45) is 5.73 Å².